The van der Waals surface area contributed by atoms with E-state index in [1.54, 1.807) is 0 Å². The van der Waals surface area contributed by atoms with Gasteiger partial charge in [0, 0.05) is 12.1 Å². The molecule has 1 heterocycles. The molecular formula is C17H27ClN2O2. The molecule has 0 radical (unpaired) electrons. The number of amides is 1. The molecule has 2 N–H and O–H groups in total. The number of aryl methyl sites for hydroxylation is 1. The Balaban J connectivity index is 0.00000242. The first-order chi connectivity index (χ1) is 10.2. The van der Waals surface area contributed by atoms with E-state index in [0.717, 1.165) is 36.5 Å². The Hall–Kier alpha value is -1.26. The summed E-state index contributed by atoms with van der Waals surface area (Å²) in [6, 6.07) is 5.79. The number of ether oxygens (including phenoxy) is 1. The van der Waals surface area contributed by atoms with Gasteiger partial charge in [-0.1, -0.05) is 0 Å². The average molecular weight is 327 g/mol. The number of hydrogen-bond acceptors (Lipinski definition) is 3. The van der Waals surface area contributed by atoms with Gasteiger partial charge in [0.05, 0.1) is 6.61 Å². The summed E-state index contributed by atoms with van der Waals surface area (Å²) < 4.78 is 5.45. The van der Waals surface area contributed by atoms with E-state index in [0.29, 0.717) is 18.9 Å². The molecule has 0 aromatic heterocycles. The van der Waals surface area contributed by atoms with Crippen LogP contribution in [0, 0.1) is 12.8 Å². The fourth-order valence-electron chi connectivity index (χ4n) is 2.75. The maximum absolute atomic E-state index is 12.1. The Morgan fingerprint density at radius 3 is 2.73 bits per heavy atom. The highest BCUT2D eigenvalue weighted by atomic mass is 35.5. The van der Waals surface area contributed by atoms with Gasteiger partial charge in [-0.2, -0.15) is 0 Å². The zero-order valence-corrected chi connectivity index (χ0v) is 14.3. The molecule has 1 aliphatic rings. The van der Waals surface area contributed by atoms with Gasteiger partial charge in [0.1, 0.15) is 5.75 Å². The predicted octanol–water partition coefficient (Wildman–Crippen LogP) is 3.53. The molecule has 1 aliphatic heterocycles. The van der Waals surface area contributed by atoms with Crippen LogP contribution in [0.25, 0.3) is 0 Å². The number of nitrogens with one attached hydrogen (secondary N) is 2. The summed E-state index contributed by atoms with van der Waals surface area (Å²) in [4.78, 5) is 12.1. The Labute approximate surface area is 139 Å². The van der Waals surface area contributed by atoms with Crippen LogP contribution >= 0.6 is 12.4 Å². The minimum absolute atomic E-state index is 0. The maximum atomic E-state index is 12.1. The predicted molar refractivity (Wildman–Crippen MR) is 93.1 cm³/mol. The highest BCUT2D eigenvalue weighted by Crippen LogP contribution is 2.22. The first-order valence-electron chi connectivity index (χ1n) is 7.93. The first-order valence-corrected chi connectivity index (χ1v) is 7.93. The van der Waals surface area contributed by atoms with Gasteiger partial charge < -0.3 is 15.4 Å². The molecule has 2 rings (SSSR count). The molecule has 1 aromatic carbocycles. The molecule has 5 heteroatoms. The van der Waals surface area contributed by atoms with Crippen molar-refractivity contribution in [1.29, 1.82) is 0 Å². The van der Waals surface area contributed by atoms with Gasteiger partial charge in [-0.15, -0.1) is 12.4 Å². The van der Waals surface area contributed by atoms with Crippen molar-refractivity contribution >= 4 is 24.0 Å². The van der Waals surface area contributed by atoms with Crippen LogP contribution in [0.3, 0.4) is 0 Å². The zero-order chi connectivity index (χ0) is 15.1. The third kappa shape index (κ3) is 5.85. The van der Waals surface area contributed by atoms with Crippen LogP contribution in [-0.2, 0) is 4.79 Å². The van der Waals surface area contributed by atoms with Crippen LogP contribution in [-0.4, -0.2) is 25.6 Å². The first kappa shape index (κ1) is 18.8. The number of piperidine rings is 1. The zero-order valence-electron chi connectivity index (χ0n) is 13.5. The SMILES string of the molecule is CCOc1ccc(NC(=O)CCC2CCNCC2)c(C)c1.Cl. The molecule has 1 amide bonds. The van der Waals surface area contributed by atoms with Crippen molar-refractivity contribution in [3.05, 3.63) is 23.8 Å². The fraction of sp³-hybridized carbons (Fsp3) is 0.588. The van der Waals surface area contributed by atoms with Gasteiger partial charge in [-0.25, -0.2) is 0 Å². The van der Waals surface area contributed by atoms with Crippen LogP contribution in [0.15, 0.2) is 18.2 Å². The molecule has 22 heavy (non-hydrogen) atoms. The number of benzene rings is 1. The largest absolute Gasteiger partial charge is 0.494 e. The van der Waals surface area contributed by atoms with Gasteiger partial charge in [-0.05, 0) is 75.9 Å². The summed E-state index contributed by atoms with van der Waals surface area (Å²) in [5, 5.41) is 6.36. The van der Waals surface area contributed by atoms with Crippen molar-refractivity contribution < 1.29 is 9.53 Å². The van der Waals surface area contributed by atoms with Gasteiger partial charge in [0.15, 0.2) is 0 Å². The monoisotopic (exact) mass is 326 g/mol. The molecule has 0 unspecified atom stereocenters. The van der Waals surface area contributed by atoms with Crippen LogP contribution in [0.5, 0.6) is 5.75 Å². The van der Waals surface area contributed by atoms with E-state index in [1.165, 1.54) is 12.8 Å². The normalized spacial score (nSPS) is 15.0. The van der Waals surface area contributed by atoms with Crippen molar-refractivity contribution in [2.75, 3.05) is 25.0 Å². The number of carbonyl (C=O) groups is 1. The van der Waals surface area contributed by atoms with Gasteiger partial charge in [-0.3, -0.25) is 4.79 Å². The van der Waals surface area contributed by atoms with E-state index in [2.05, 4.69) is 10.6 Å². The number of rotatable bonds is 6. The smallest absolute Gasteiger partial charge is 0.224 e. The lowest BCUT2D eigenvalue weighted by Gasteiger charge is -2.22. The highest BCUT2D eigenvalue weighted by molar-refractivity contribution is 5.91. The third-order valence-electron chi connectivity index (χ3n) is 4.02. The summed E-state index contributed by atoms with van der Waals surface area (Å²) in [7, 11) is 0. The van der Waals surface area contributed by atoms with E-state index in [4.69, 9.17) is 4.74 Å². The van der Waals surface area contributed by atoms with Gasteiger partial charge >= 0.3 is 0 Å². The lowest BCUT2D eigenvalue weighted by atomic mass is 9.93. The topological polar surface area (TPSA) is 50.4 Å². The summed E-state index contributed by atoms with van der Waals surface area (Å²) in [5.41, 5.74) is 1.92. The number of hydrogen-bond donors (Lipinski definition) is 2. The molecule has 0 atom stereocenters. The molecule has 0 saturated carbocycles. The maximum Gasteiger partial charge on any atom is 0.224 e. The minimum atomic E-state index is 0. The Morgan fingerprint density at radius 2 is 2.09 bits per heavy atom. The average Bonchev–Trinajstić information content (AvgIpc) is 2.49. The highest BCUT2D eigenvalue weighted by Gasteiger charge is 2.14. The van der Waals surface area contributed by atoms with Crippen molar-refractivity contribution in [2.45, 2.75) is 39.5 Å². The summed E-state index contributed by atoms with van der Waals surface area (Å²) >= 11 is 0. The molecule has 0 bridgehead atoms. The van der Waals surface area contributed by atoms with Crippen molar-refractivity contribution in [1.82, 2.24) is 5.32 Å². The van der Waals surface area contributed by atoms with Crippen LogP contribution in [0.4, 0.5) is 5.69 Å². The fourth-order valence-corrected chi connectivity index (χ4v) is 2.75. The van der Waals surface area contributed by atoms with E-state index in [-0.39, 0.29) is 18.3 Å². The molecule has 1 fully saturated rings. The number of halogens is 1. The number of carbonyl (C=O) groups excluding carboxylic acids is 1. The third-order valence-corrected chi connectivity index (χ3v) is 4.02. The molecule has 0 spiro atoms. The van der Waals surface area contributed by atoms with Crippen LogP contribution in [0.2, 0.25) is 0 Å². The Morgan fingerprint density at radius 1 is 1.36 bits per heavy atom. The Bertz CT molecular complexity index is 474. The van der Waals surface area contributed by atoms with Crippen molar-refractivity contribution in [3.8, 4) is 5.75 Å². The molecule has 0 aliphatic carbocycles. The van der Waals surface area contributed by atoms with Gasteiger partial charge in [0.25, 0.3) is 0 Å². The van der Waals surface area contributed by atoms with Gasteiger partial charge in [0.2, 0.25) is 5.91 Å². The van der Waals surface area contributed by atoms with Crippen LogP contribution in [0.1, 0.15) is 38.2 Å². The lowest BCUT2D eigenvalue weighted by molar-refractivity contribution is -0.116. The standard InChI is InChI=1S/C17H26N2O2.ClH/c1-3-21-15-5-6-16(13(2)12-15)19-17(20)7-4-14-8-10-18-11-9-14;/h5-6,12,14,18H,3-4,7-11H2,1-2H3,(H,19,20);1H. The molecule has 4 nitrogen and oxygen atoms in total. The van der Waals surface area contributed by atoms with Crippen molar-refractivity contribution in [2.24, 2.45) is 5.92 Å². The lowest BCUT2D eigenvalue weighted by Crippen LogP contribution is -2.28. The second kappa shape index (κ2) is 9.70. The molecule has 1 aromatic rings. The summed E-state index contributed by atoms with van der Waals surface area (Å²) in [6.07, 6.45) is 3.98. The summed E-state index contributed by atoms with van der Waals surface area (Å²) in [5.74, 6) is 1.65. The second-order valence-corrected chi connectivity index (χ2v) is 5.69. The van der Waals surface area contributed by atoms with E-state index < -0.39 is 0 Å². The number of anilines is 1. The minimum Gasteiger partial charge on any atom is -0.494 e. The molecule has 1 saturated heterocycles. The summed E-state index contributed by atoms with van der Waals surface area (Å²) in [6.45, 7) is 6.78. The second-order valence-electron chi connectivity index (χ2n) is 5.69. The van der Waals surface area contributed by atoms with E-state index in [9.17, 15) is 4.79 Å². The van der Waals surface area contributed by atoms with E-state index in [1.807, 2.05) is 32.0 Å². The van der Waals surface area contributed by atoms with Crippen LogP contribution < -0.4 is 15.4 Å². The van der Waals surface area contributed by atoms with E-state index >= 15 is 0 Å². The Kier molecular flexibility index (Phi) is 8.28. The quantitative estimate of drug-likeness (QED) is 0.840. The molecule has 124 valence electrons. The van der Waals surface area contributed by atoms with Crippen molar-refractivity contribution in [3.63, 3.8) is 0 Å². The molecular weight excluding hydrogens is 300 g/mol.